The second-order valence-corrected chi connectivity index (χ2v) is 5.89. The standard InChI is InChI=1S/2C8H14O3/c1-6(2)4-5-11-8(10)7(3)9;1-6(2)4-3-5-7(9)8(10)11/h6H,4-5H2,1-3H3;6H,3-5H2,1-2H3,(H,10,11). The van der Waals surface area contributed by atoms with Crippen LogP contribution in [0.2, 0.25) is 0 Å². The average Bonchev–Trinajstić information content (AvgIpc) is 2.38. The first kappa shape index (κ1) is 22.6. The summed E-state index contributed by atoms with van der Waals surface area (Å²) in [7, 11) is 0. The van der Waals surface area contributed by atoms with Gasteiger partial charge < -0.3 is 9.84 Å². The molecule has 0 amide bonds. The Kier molecular flexibility index (Phi) is 13.3. The van der Waals surface area contributed by atoms with Crippen molar-refractivity contribution in [2.24, 2.45) is 11.8 Å². The summed E-state index contributed by atoms with van der Waals surface area (Å²) in [5.74, 6) is -2.22. The van der Waals surface area contributed by atoms with Crippen molar-refractivity contribution in [3.63, 3.8) is 0 Å². The van der Waals surface area contributed by atoms with E-state index in [2.05, 4.69) is 4.74 Å². The zero-order chi connectivity index (χ0) is 17.7. The number of carboxylic acid groups (broad SMARTS) is 1. The number of Topliss-reactive ketones (excluding diaryl/α,β-unsaturated/α-hetero) is 2. The van der Waals surface area contributed by atoms with E-state index >= 15 is 0 Å². The summed E-state index contributed by atoms with van der Waals surface area (Å²) in [6.07, 6.45) is 2.58. The Balaban J connectivity index is 0. The van der Waals surface area contributed by atoms with E-state index < -0.39 is 23.5 Å². The fourth-order valence-electron chi connectivity index (χ4n) is 1.27. The van der Waals surface area contributed by atoms with Gasteiger partial charge in [-0.3, -0.25) is 9.59 Å². The van der Waals surface area contributed by atoms with Crippen LogP contribution >= 0.6 is 0 Å². The van der Waals surface area contributed by atoms with Gasteiger partial charge in [0.05, 0.1) is 6.61 Å². The lowest BCUT2D eigenvalue weighted by molar-refractivity contribution is -0.153. The monoisotopic (exact) mass is 316 g/mol. The number of ketones is 2. The molecular formula is C16H28O6. The third-order valence-electron chi connectivity index (χ3n) is 2.64. The molecule has 6 heteroatoms. The van der Waals surface area contributed by atoms with Gasteiger partial charge in [-0.15, -0.1) is 0 Å². The number of ether oxygens (including phenoxy) is 1. The van der Waals surface area contributed by atoms with E-state index in [0.717, 1.165) is 12.8 Å². The predicted molar refractivity (Wildman–Crippen MR) is 82.4 cm³/mol. The molecule has 0 spiro atoms. The quantitative estimate of drug-likeness (QED) is 0.518. The molecule has 0 aliphatic heterocycles. The number of rotatable bonds is 9. The first-order valence-electron chi connectivity index (χ1n) is 7.51. The van der Waals surface area contributed by atoms with E-state index in [9.17, 15) is 19.2 Å². The molecule has 22 heavy (non-hydrogen) atoms. The molecule has 0 unspecified atom stereocenters. The topological polar surface area (TPSA) is 97.7 Å². The fourth-order valence-corrected chi connectivity index (χ4v) is 1.27. The first-order chi connectivity index (χ1) is 10.1. The molecule has 0 aliphatic rings. The molecule has 0 bridgehead atoms. The van der Waals surface area contributed by atoms with E-state index in [0.29, 0.717) is 24.9 Å². The lowest BCUT2D eigenvalue weighted by atomic mass is 10.1. The first-order valence-corrected chi connectivity index (χ1v) is 7.51. The van der Waals surface area contributed by atoms with E-state index in [1.54, 1.807) is 0 Å². The number of carbonyl (C=O) groups excluding carboxylic acids is 3. The second kappa shape index (κ2) is 13.0. The van der Waals surface area contributed by atoms with Crippen LogP contribution in [-0.4, -0.2) is 35.2 Å². The maximum absolute atomic E-state index is 10.6. The summed E-state index contributed by atoms with van der Waals surface area (Å²) in [5.41, 5.74) is 0. The molecule has 0 atom stereocenters. The summed E-state index contributed by atoms with van der Waals surface area (Å²) < 4.78 is 4.63. The van der Waals surface area contributed by atoms with E-state index in [1.165, 1.54) is 6.92 Å². The Morgan fingerprint density at radius 1 is 0.955 bits per heavy atom. The van der Waals surface area contributed by atoms with Crippen LogP contribution in [-0.2, 0) is 23.9 Å². The van der Waals surface area contributed by atoms with Crippen molar-refractivity contribution in [1.82, 2.24) is 0 Å². The van der Waals surface area contributed by atoms with Crippen molar-refractivity contribution < 1.29 is 29.0 Å². The van der Waals surface area contributed by atoms with Gasteiger partial charge in [0.2, 0.25) is 11.6 Å². The molecule has 1 N–H and O–H groups in total. The van der Waals surface area contributed by atoms with Crippen LogP contribution in [0.15, 0.2) is 0 Å². The molecule has 0 rings (SSSR count). The van der Waals surface area contributed by atoms with Gasteiger partial charge >= 0.3 is 11.9 Å². The highest BCUT2D eigenvalue weighted by Crippen LogP contribution is 2.06. The van der Waals surface area contributed by atoms with Crippen LogP contribution in [0.3, 0.4) is 0 Å². The van der Waals surface area contributed by atoms with E-state index in [-0.39, 0.29) is 6.42 Å². The Morgan fingerprint density at radius 3 is 1.82 bits per heavy atom. The minimum atomic E-state index is -1.31. The van der Waals surface area contributed by atoms with Crippen LogP contribution in [0.25, 0.3) is 0 Å². The highest BCUT2D eigenvalue weighted by atomic mass is 16.5. The fraction of sp³-hybridized carbons (Fsp3) is 0.750. The molecule has 0 aromatic heterocycles. The van der Waals surface area contributed by atoms with Crippen molar-refractivity contribution in [2.45, 2.75) is 60.3 Å². The summed E-state index contributed by atoms with van der Waals surface area (Å²) >= 11 is 0. The molecule has 0 heterocycles. The maximum atomic E-state index is 10.6. The normalized spacial score (nSPS) is 9.95. The zero-order valence-corrected chi connectivity index (χ0v) is 14.2. The third-order valence-corrected chi connectivity index (χ3v) is 2.64. The van der Waals surface area contributed by atoms with Crippen molar-refractivity contribution in [3.8, 4) is 0 Å². The number of aliphatic carboxylic acids is 1. The van der Waals surface area contributed by atoms with Crippen LogP contribution < -0.4 is 0 Å². The minimum Gasteiger partial charge on any atom is -0.476 e. The molecule has 0 aliphatic carbocycles. The molecule has 0 radical (unpaired) electrons. The number of hydrogen-bond donors (Lipinski definition) is 1. The highest BCUT2D eigenvalue weighted by molar-refractivity contribution is 6.32. The van der Waals surface area contributed by atoms with E-state index in [1.807, 2.05) is 27.7 Å². The summed E-state index contributed by atoms with van der Waals surface area (Å²) in [5, 5.41) is 8.20. The van der Waals surface area contributed by atoms with Gasteiger partial charge in [-0.2, -0.15) is 0 Å². The van der Waals surface area contributed by atoms with Gasteiger partial charge in [0, 0.05) is 13.3 Å². The Morgan fingerprint density at radius 2 is 1.45 bits per heavy atom. The smallest absolute Gasteiger partial charge is 0.374 e. The predicted octanol–water partition coefficient (Wildman–Crippen LogP) is 2.63. The molecule has 0 fully saturated rings. The van der Waals surface area contributed by atoms with Crippen LogP contribution in [0, 0.1) is 11.8 Å². The molecule has 0 saturated heterocycles. The van der Waals surface area contributed by atoms with Crippen molar-refractivity contribution >= 4 is 23.5 Å². The number of carboxylic acids is 1. The van der Waals surface area contributed by atoms with E-state index in [4.69, 9.17) is 5.11 Å². The van der Waals surface area contributed by atoms with Crippen molar-refractivity contribution in [3.05, 3.63) is 0 Å². The summed E-state index contributed by atoms with van der Waals surface area (Å²) in [6.45, 7) is 9.70. The largest absolute Gasteiger partial charge is 0.476 e. The number of esters is 1. The summed E-state index contributed by atoms with van der Waals surface area (Å²) in [4.78, 5) is 41.4. The average molecular weight is 316 g/mol. The lowest BCUT2D eigenvalue weighted by Gasteiger charge is -2.03. The highest BCUT2D eigenvalue weighted by Gasteiger charge is 2.10. The number of hydrogen-bond acceptors (Lipinski definition) is 5. The van der Waals surface area contributed by atoms with Crippen LogP contribution in [0.5, 0.6) is 0 Å². The Hall–Kier alpha value is -1.72. The second-order valence-electron chi connectivity index (χ2n) is 5.89. The number of carbonyl (C=O) groups is 4. The lowest BCUT2D eigenvalue weighted by Crippen LogP contribution is -2.15. The van der Waals surface area contributed by atoms with Gasteiger partial charge in [0.25, 0.3) is 0 Å². The van der Waals surface area contributed by atoms with Crippen LogP contribution in [0.1, 0.15) is 60.3 Å². The third kappa shape index (κ3) is 16.3. The van der Waals surface area contributed by atoms with Gasteiger partial charge in [-0.05, 0) is 24.7 Å². The molecule has 128 valence electrons. The van der Waals surface area contributed by atoms with Gasteiger partial charge in [-0.25, -0.2) is 9.59 Å². The van der Waals surface area contributed by atoms with Crippen molar-refractivity contribution in [2.75, 3.05) is 6.61 Å². The SMILES string of the molecule is CC(=O)C(=O)OCCC(C)C.CC(C)CCCC(=O)C(=O)O. The minimum absolute atomic E-state index is 0.174. The molecular weight excluding hydrogens is 288 g/mol. The van der Waals surface area contributed by atoms with Crippen LogP contribution in [0.4, 0.5) is 0 Å². The van der Waals surface area contributed by atoms with Crippen molar-refractivity contribution in [1.29, 1.82) is 0 Å². The molecule has 0 aromatic carbocycles. The molecule has 0 aromatic rings. The molecule has 6 nitrogen and oxygen atoms in total. The van der Waals surface area contributed by atoms with Gasteiger partial charge in [-0.1, -0.05) is 34.1 Å². The zero-order valence-electron chi connectivity index (χ0n) is 14.2. The maximum Gasteiger partial charge on any atom is 0.374 e. The van der Waals surface area contributed by atoms with Gasteiger partial charge in [0.15, 0.2) is 0 Å². The molecule has 0 saturated carbocycles. The van der Waals surface area contributed by atoms with Gasteiger partial charge in [0.1, 0.15) is 0 Å². The Labute approximate surface area is 132 Å². The summed E-state index contributed by atoms with van der Waals surface area (Å²) in [6, 6.07) is 0. The Bertz CT molecular complexity index is 335.